The van der Waals surface area contributed by atoms with Gasteiger partial charge in [-0.05, 0) is 37.5 Å². The molecule has 23 heavy (non-hydrogen) atoms. The second kappa shape index (κ2) is 8.31. The summed E-state index contributed by atoms with van der Waals surface area (Å²) < 4.78 is 5.47. The van der Waals surface area contributed by atoms with Crippen LogP contribution < -0.4 is 10.2 Å². The standard InChI is InChI=1S/C17H23ClN2O3/c1-12-15(18)6-3-7-16(12)20(13(2)21)9-8-17(22)19-11-14-5-4-10-23-14/h3,6-7,14H,4-5,8-11H2,1-2H3,(H,19,22). The molecule has 0 radical (unpaired) electrons. The number of hydrogen-bond donors (Lipinski definition) is 1. The normalized spacial score (nSPS) is 17.1. The van der Waals surface area contributed by atoms with Gasteiger partial charge in [0.1, 0.15) is 0 Å². The highest BCUT2D eigenvalue weighted by Gasteiger charge is 2.18. The van der Waals surface area contributed by atoms with Crippen molar-refractivity contribution in [1.82, 2.24) is 5.32 Å². The predicted molar refractivity (Wildman–Crippen MR) is 90.8 cm³/mol. The maximum absolute atomic E-state index is 12.0. The van der Waals surface area contributed by atoms with Gasteiger partial charge in [0.15, 0.2) is 0 Å². The summed E-state index contributed by atoms with van der Waals surface area (Å²) in [5.41, 5.74) is 1.58. The third-order valence-electron chi connectivity index (χ3n) is 4.02. The lowest BCUT2D eigenvalue weighted by atomic mass is 10.1. The summed E-state index contributed by atoms with van der Waals surface area (Å²) >= 11 is 6.12. The minimum Gasteiger partial charge on any atom is -0.376 e. The third kappa shape index (κ3) is 4.94. The molecule has 6 heteroatoms. The number of rotatable bonds is 6. The van der Waals surface area contributed by atoms with E-state index in [9.17, 15) is 9.59 Å². The maximum Gasteiger partial charge on any atom is 0.223 e. The Hall–Kier alpha value is -1.59. The first-order chi connectivity index (χ1) is 11.0. The molecule has 1 atom stereocenters. The van der Waals surface area contributed by atoms with Gasteiger partial charge in [-0.2, -0.15) is 0 Å². The fourth-order valence-corrected chi connectivity index (χ4v) is 2.84. The quantitative estimate of drug-likeness (QED) is 0.867. The molecule has 0 saturated carbocycles. The number of nitrogens with one attached hydrogen (secondary N) is 1. The van der Waals surface area contributed by atoms with Gasteiger partial charge in [-0.1, -0.05) is 17.7 Å². The van der Waals surface area contributed by atoms with Crippen LogP contribution in [0.25, 0.3) is 0 Å². The first kappa shape index (κ1) is 17.8. The molecule has 1 aromatic rings. The molecule has 0 aromatic heterocycles. The van der Waals surface area contributed by atoms with Gasteiger partial charge in [0.2, 0.25) is 11.8 Å². The number of carbonyl (C=O) groups is 2. The van der Waals surface area contributed by atoms with Gasteiger partial charge in [-0.3, -0.25) is 9.59 Å². The van der Waals surface area contributed by atoms with Crippen molar-refractivity contribution >= 4 is 29.1 Å². The van der Waals surface area contributed by atoms with Gasteiger partial charge in [0, 0.05) is 43.8 Å². The number of amides is 2. The minimum atomic E-state index is -0.109. The first-order valence-corrected chi connectivity index (χ1v) is 8.28. The summed E-state index contributed by atoms with van der Waals surface area (Å²) in [5.74, 6) is -0.186. The maximum atomic E-state index is 12.0. The van der Waals surface area contributed by atoms with Crippen LogP contribution in [0.3, 0.4) is 0 Å². The van der Waals surface area contributed by atoms with Crippen LogP contribution in [-0.2, 0) is 14.3 Å². The van der Waals surface area contributed by atoms with Crippen LogP contribution >= 0.6 is 11.6 Å². The molecular formula is C17H23ClN2O3. The van der Waals surface area contributed by atoms with Crippen LogP contribution in [0.4, 0.5) is 5.69 Å². The molecular weight excluding hydrogens is 316 g/mol. The average Bonchev–Trinajstić information content (AvgIpc) is 3.02. The summed E-state index contributed by atoms with van der Waals surface area (Å²) in [7, 11) is 0. The molecule has 5 nitrogen and oxygen atoms in total. The van der Waals surface area contributed by atoms with Gasteiger partial charge >= 0.3 is 0 Å². The lowest BCUT2D eigenvalue weighted by Gasteiger charge is -2.23. The fourth-order valence-electron chi connectivity index (χ4n) is 2.67. The number of nitrogens with zero attached hydrogens (tertiary/aromatic N) is 1. The molecule has 1 aromatic carbocycles. The lowest BCUT2D eigenvalue weighted by Crippen LogP contribution is -2.36. The zero-order valence-corrected chi connectivity index (χ0v) is 14.4. The van der Waals surface area contributed by atoms with Crippen LogP contribution in [0.1, 0.15) is 31.7 Å². The van der Waals surface area contributed by atoms with E-state index >= 15 is 0 Å². The molecule has 0 aliphatic carbocycles. The first-order valence-electron chi connectivity index (χ1n) is 7.90. The fraction of sp³-hybridized carbons (Fsp3) is 0.529. The number of ether oxygens (including phenoxy) is 1. The summed E-state index contributed by atoms with van der Waals surface area (Å²) in [5, 5.41) is 3.48. The Morgan fingerprint density at radius 1 is 1.43 bits per heavy atom. The van der Waals surface area contributed by atoms with Gasteiger partial charge in [-0.25, -0.2) is 0 Å². The van der Waals surface area contributed by atoms with Crippen molar-refractivity contribution in [2.24, 2.45) is 0 Å². The Bertz CT molecular complexity index is 571. The Kier molecular flexibility index (Phi) is 6.42. The molecule has 1 fully saturated rings. The number of anilines is 1. The predicted octanol–water partition coefficient (Wildman–Crippen LogP) is 2.69. The Morgan fingerprint density at radius 3 is 2.87 bits per heavy atom. The van der Waals surface area contributed by atoms with Crippen molar-refractivity contribution < 1.29 is 14.3 Å². The molecule has 1 heterocycles. The van der Waals surface area contributed by atoms with E-state index in [0.29, 0.717) is 18.1 Å². The molecule has 1 saturated heterocycles. The van der Waals surface area contributed by atoms with Crippen molar-refractivity contribution in [2.45, 2.75) is 39.2 Å². The van der Waals surface area contributed by atoms with E-state index in [1.165, 1.54) is 6.92 Å². The summed E-state index contributed by atoms with van der Waals surface area (Å²) in [4.78, 5) is 25.5. The van der Waals surface area contributed by atoms with Crippen molar-refractivity contribution in [1.29, 1.82) is 0 Å². The molecule has 1 N–H and O–H groups in total. The Morgan fingerprint density at radius 2 is 2.22 bits per heavy atom. The minimum absolute atomic E-state index is 0.0774. The van der Waals surface area contributed by atoms with Gasteiger partial charge in [-0.15, -0.1) is 0 Å². The molecule has 2 amide bonds. The largest absolute Gasteiger partial charge is 0.376 e. The van der Waals surface area contributed by atoms with E-state index < -0.39 is 0 Å². The summed E-state index contributed by atoms with van der Waals surface area (Å²) in [6.07, 6.45) is 2.41. The topological polar surface area (TPSA) is 58.6 Å². The second-order valence-electron chi connectivity index (χ2n) is 5.74. The van der Waals surface area contributed by atoms with E-state index in [2.05, 4.69) is 5.32 Å². The Balaban J connectivity index is 1.90. The average molecular weight is 339 g/mol. The highest BCUT2D eigenvalue weighted by Crippen LogP contribution is 2.26. The SMILES string of the molecule is CC(=O)N(CCC(=O)NCC1CCCO1)c1cccc(Cl)c1C. The van der Waals surface area contributed by atoms with E-state index in [1.54, 1.807) is 17.0 Å². The number of halogens is 1. The van der Waals surface area contributed by atoms with Crippen LogP contribution in [-0.4, -0.2) is 37.6 Å². The van der Waals surface area contributed by atoms with Gasteiger partial charge in [0.25, 0.3) is 0 Å². The van der Waals surface area contributed by atoms with E-state index in [0.717, 1.165) is 30.7 Å². The third-order valence-corrected chi connectivity index (χ3v) is 4.43. The number of carbonyl (C=O) groups excluding carboxylic acids is 2. The monoisotopic (exact) mass is 338 g/mol. The Labute approximate surface area is 141 Å². The number of benzene rings is 1. The van der Waals surface area contributed by atoms with E-state index in [-0.39, 0.29) is 24.3 Å². The molecule has 1 unspecified atom stereocenters. The van der Waals surface area contributed by atoms with E-state index in [1.807, 2.05) is 13.0 Å². The zero-order chi connectivity index (χ0) is 16.8. The highest BCUT2D eigenvalue weighted by atomic mass is 35.5. The molecule has 1 aliphatic heterocycles. The lowest BCUT2D eigenvalue weighted by molar-refractivity contribution is -0.121. The van der Waals surface area contributed by atoms with Crippen LogP contribution in [0.15, 0.2) is 18.2 Å². The van der Waals surface area contributed by atoms with Crippen molar-refractivity contribution in [3.8, 4) is 0 Å². The number of hydrogen-bond acceptors (Lipinski definition) is 3. The van der Waals surface area contributed by atoms with Crippen LogP contribution in [0.5, 0.6) is 0 Å². The van der Waals surface area contributed by atoms with Gasteiger partial charge in [0.05, 0.1) is 6.10 Å². The molecule has 0 spiro atoms. The second-order valence-corrected chi connectivity index (χ2v) is 6.15. The van der Waals surface area contributed by atoms with E-state index in [4.69, 9.17) is 16.3 Å². The summed E-state index contributed by atoms with van der Waals surface area (Å²) in [6.45, 7) is 4.99. The van der Waals surface area contributed by atoms with Gasteiger partial charge < -0.3 is 15.0 Å². The van der Waals surface area contributed by atoms with Crippen molar-refractivity contribution in [3.63, 3.8) is 0 Å². The molecule has 2 rings (SSSR count). The molecule has 126 valence electrons. The van der Waals surface area contributed by atoms with Crippen molar-refractivity contribution in [3.05, 3.63) is 28.8 Å². The van der Waals surface area contributed by atoms with Crippen LogP contribution in [0.2, 0.25) is 5.02 Å². The zero-order valence-electron chi connectivity index (χ0n) is 13.6. The molecule has 0 bridgehead atoms. The van der Waals surface area contributed by atoms with Crippen LogP contribution in [0, 0.1) is 6.92 Å². The smallest absolute Gasteiger partial charge is 0.223 e. The highest BCUT2D eigenvalue weighted by molar-refractivity contribution is 6.31. The summed E-state index contributed by atoms with van der Waals surface area (Å²) in [6, 6.07) is 5.43. The van der Waals surface area contributed by atoms with Crippen molar-refractivity contribution in [2.75, 3.05) is 24.6 Å². The molecule has 1 aliphatic rings.